The van der Waals surface area contributed by atoms with Crippen LogP contribution in [0.4, 0.5) is 0 Å². The summed E-state index contributed by atoms with van der Waals surface area (Å²) in [5, 5.41) is 9.29. The predicted molar refractivity (Wildman–Crippen MR) is 105 cm³/mol. The Kier molecular flexibility index (Phi) is 6.86. The minimum absolute atomic E-state index is 0.0166. The number of hydrogen-bond donors (Lipinski definition) is 2. The fourth-order valence-corrected chi connectivity index (χ4v) is 4.98. The minimum atomic E-state index is -4.09. The molecular formula is C20H24N2O6S. The number of ether oxygens (including phenoxy) is 2. The number of nitrogens with zero attached hydrogens (tertiary/aromatic N) is 1. The number of carbonyl (C=O) groups is 1. The predicted octanol–water partition coefficient (Wildman–Crippen LogP) is 1.94. The second-order valence-electron chi connectivity index (χ2n) is 6.68. The summed E-state index contributed by atoms with van der Waals surface area (Å²) in [5.41, 5.74) is 2.31. The molecule has 2 atom stereocenters. The van der Waals surface area contributed by atoms with Gasteiger partial charge in [-0.3, -0.25) is 10.0 Å². The van der Waals surface area contributed by atoms with Gasteiger partial charge in [-0.15, -0.1) is 0 Å². The summed E-state index contributed by atoms with van der Waals surface area (Å²) in [6.07, 6.45) is 0.572. The Morgan fingerprint density at radius 2 is 1.93 bits per heavy atom. The van der Waals surface area contributed by atoms with Gasteiger partial charge in [-0.1, -0.05) is 30.3 Å². The van der Waals surface area contributed by atoms with Crippen molar-refractivity contribution in [1.29, 1.82) is 0 Å². The molecule has 3 rings (SSSR count). The minimum Gasteiger partial charge on any atom is -0.497 e. The molecule has 29 heavy (non-hydrogen) atoms. The second kappa shape index (κ2) is 9.36. The van der Waals surface area contributed by atoms with E-state index in [9.17, 15) is 18.4 Å². The first-order chi connectivity index (χ1) is 14.0. The number of amides is 1. The van der Waals surface area contributed by atoms with E-state index >= 15 is 0 Å². The Morgan fingerprint density at radius 1 is 1.24 bits per heavy atom. The average molecular weight is 420 g/mol. The molecule has 0 aromatic heterocycles. The van der Waals surface area contributed by atoms with Crippen molar-refractivity contribution in [3.63, 3.8) is 0 Å². The molecule has 1 amide bonds. The van der Waals surface area contributed by atoms with Crippen LogP contribution in [0.1, 0.15) is 18.4 Å². The molecule has 2 aromatic rings. The maximum Gasteiger partial charge on any atom is 0.264 e. The van der Waals surface area contributed by atoms with Crippen molar-refractivity contribution in [2.24, 2.45) is 0 Å². The normalized spacial score (nSPS) is 17.8. The zero-order valence-electron chi connectivity index (χ0n) is 16.0. The average Bonchev–Trinajstić information content (AvgIpc) is 3.28. The molecule has 1 saturated heterocycles. The largest absolute Gasteiger partial charge is 0.497 e. The molecule has 1 unspecified atom stereocenters. The van der Waals surface area contributed by atoms with Crippen molar-refractivity contribution >= 4 is 15.9 Å². The van der Waals surface area contributed by atoms with E-state index in [-0.39, 0.29) is 11.4 Å². The number of rotatable bonds is 8. The molecule has 8 nitrogen and oxygen atoms in total. The van der Waals surface area contributed by atoms with Crippen LogP contribution in [0, 0.1) is 0 Å². The molecule has 156 valence electrons. The van der Waals surface area contributed by atoms with Crippen molar-refractivity contribution in [3.05, 3.63) is 60.2 Å². The summed E-state index contributed by atoms with van der Waals surface area (Å²) in [7, 11) is -2.60. The van der Waals surface area contributed by atoms with Gasteiger partial charge in [0.15, 0.2) is 0 Å². The van der Waals surface area contributed by atoms with Gasteiger partial charge in [0.2, 0.25) is 10.0 Å². The quantitative estimate of drug-likeness (QED) is 0.500. The van der Waals surface area contributed by atoms with Gasteiger partial charge in [-0.2, -0.15) is 4.31 Å². The fourth-order valence-electron chi connectivity index (χ4n) is 3.38. The van der Waals surface area contributed by atoms with Crippen LogP contribution in [0.5, 0.6) is 5.75 Å². The number of carbonyl (C=O) groups excluding carboxylic acids is 1. The lowest BCUT2D eigenvalue weighted by Gasteiger charge is -2.32. The topological polar surface area (TPSA) is 105 Å². The fraction of sp³-hybridized carbons (Fsp3) is 0.350. The zero-order valence-corrected chi connectivity index (χ0v) is 16.8. The Morgan fingerprint density at radius 3 is 2.48 bits per heavy atom. The van der Waals surface area contributed by atoms with Crippen molar-refractivity contribution in [2.45, 2.75) is 36.4 Å². The molecular weight excluding hydrogens is 396 g/mol. The maximum absolute atomic E-state index is 13.5. The summed E-state index contributed by atoms with van der Waals surface area (Å²) in [6, 6.07) is 13.7. The van der Waals surface area contributed by atoms with Gasteiger partial charge in [-0.05, 0) is 42.7 Å². The van der Waals surface area contributed by atoms with Crippen LogP contribution in [0.25, 0.3) is 0 Å². The van der Waals surface area contributed by atoms with E-state index in [0.717, 1.165) is 4.31 Å². The highest BCUT2D eigenvalue weighted by Crippen LogP contribution is 2.28. The molecule has 1 heterocycles. The van der Waals surface area contributed by atoms with E-state index in [4.69, 9.17) is 9.47 Å². The highest BCUT2D eigenvalue weighted by atomic mass is 32.2. The van der Waals surface area contributed by atoms with Crippen LogP contribution in [0.3, 0.4) is 0 Å². The summed E-state index contributed by atoms with van der Waals surface area (Å²) in [5.74, 6) is -0.313. The van der Waals surface area contributed by atoms with E-state index in [2.05, 4.69) is 0 Å². The van der Waals surface area contributed by atoms with Crippen molar-refractivity contribution in [3.8, 4) is 5.75 Å². The Balaban J connectivity index is 2.05. The van der Waals surface area contributed by atoms with E-state index in [1.165, 1.54) is 19.2 Å². The summed E-state index contributed by atoms with van der Waals surface area (Å²) in [6.45, 7) is 0.384. The number of hydrogen-bond acceptors (Lipinski definition) is 6. The van der Waals surface area contributed by atoms with Crippen LogP contribution in [-0.4, -0.2) is 49.7 Å². The molecule has 0 radical (unpaired) electrons. The van der Waals surface area contributed by atoms with E-state index in [1.54, 1.807) is 41.9 Å². The van der Waals surface area contributed by atoms with Crippen LogP contribution in [0.2, 0.25) is 0 Å². The van der Waals surface area contributed by atoms with Crippen LogP contribution in [-0.2, 0) is 26.1 Å². The van der Waals surface area contributed by atoms with Crippen LogP contribution < -0.4 is 10.2 Å². The third-order valence-electron chi connectivity index (χ3n) is 4.85. The first-order valence-corrected chi connectivity index (χ1v) is 10.7. The van der Waals surface area contributed by atoms with Crippen molar-refractivity contribution in [2.75, 3.05) is 13.7 Å². The van der Waals surface area contributed by atoms with Gasteiger partial charge in [-0.25, -0.2) is 13.9 Å². The molecule has 0 aliphatic carbocycles. The van der Waals surface area contributed by atoms with Gasteiger partial charge >= 0.3 is 0 Å². The first kappa shape index (κ1) is 21.3. The number of methoxy groups -OCH3 is 1. The molecule has 2 aromatic carbocycles. The highest BCUT2D eigenvalue weighted by molar-refractivity contribution is 7.89. The van der Waals surface area contributed by atoms with Crippen LogP contribution >= 0.6 is 0 Å². The lowest BCUT2D eigenvalue weighted by atomic mass is 10.1. The van der Waals surface area contributed by atoms with Gasteiger partial charge < -0.3 is 9.47 Å². The van der Waals surface area contributed by atoms with E-state index < -0.39 is 28.1 Å². The second-order valence-corrected chi connectivity index (χ2v) is 8.57. The zero-order chi connectivity index (χ0) is 20.9. The monoisotopic (exact) mass is 420 g/mol. The van der Waals surface area contributed by atoms with Crippen molar-refractivity contribution < 1.29 is 27.9 Å². The van der Waals surface area contributed by atoms with E-state index in [0.29, 0.717) is 30.8 Å². The summed E-state index contributed by atoms with van der Waals surface area (Å²) in [4.78, 5) is 12.6. The van der Waals surface area contributed by atoms with Gasteiger partial charge in [0.05, 0.1) is 18.1 Å². The van der Waals surface area contributed by atoms with E-state index in [1.807, 2.05) is 6.07 Å². The SMILES string of the molecule is COc1ccc(S(=O)(=O)N(Cc2ccccc2)[C@@H](C(=O)NO)C2CCCO2)cc1. The first-order valence-electron chi connectivity index (χ1n) is 9.22. The van der Waals surface area contributed by atoms with Crippen molar-refractivity contribution in [1.82, 2.24) is 9.79 Å². The molecule has 0 saturated carbocycles. The smallest absolute Gasteiger partial charge is 0.264 e. The number of benzene rings is 2. The molecule has 0 bridgehead atoms. The Bertz CT molecular complexity index is 912. The number of hydroxylamine groups is 1. The molecule has 1 fully saturated rings. The Hall–Kier alpha value is -2.46. The standard InChI is InChI=1S/C20H24N2O6S/c1-27-16-9-11-17(12-10-16)29(25,26)22(14-15-6-3-2-4-7-15)19(20(23)21-24)18-8-5-13-28-18/h2-4,6-7,9-12,18-19,24H,5,8,13-14H2,1H3,(H,21,23)/t18?,19-/m1/s1. The highest BCUT2D eigenvalue weighted by Gasteiger charge is 2.42. The maximum atomic E-state index is 13.5. The third-order valence-corrected chi connectivity index (χ3v) is 6.69. The lowest BCUT2D eigenvalue weighted by Crippen LogP contribution is -2.54. The third kappa shape index (κ3) is 4.76. The Labute approximate surface area is 170 Å². The van der Waals surface area contributed by atoms with Gasteiger partial charge in [0, 0.05) is 13.2 Å². The van der Waals surface area contributed by atoms with Gasteiger partial charge in [0.25, 0.3) is 5.91 Å². The van der Waals surface area contributed by atoms with Crippen LogP contribution in [0.15, 0.2) is 59.5 Å². The summed E-state index contributed by atoms with van der Waals surface area (Å²) >= 11 is 0. The molecule has 9 heteroatoms. The molecule has 2 N–H and O–H groups in total. The number of sulfonamides is 1. The number of nitrogens with one attached hydrogen (secondary N) is 1. The molecule has 1 aliphatic heterocycles. The molecule has 0 spiro atoms. The summed E-state index contributed by atoms with van der Waals surface area (Å²) < 4.78 is 38.9. The van der Waals surface area contributed by atoms with Gasteiger partial charge in [0.1, 0.15) is 11.8 Å². The lowest BCUT2D eigenvalue weighted by molar-refractivity contribution is -0.137. The molecule has 1 aliphatic rings.